The van der Waals surface area contributed by atoms with Gasteiger partial charge in [0.25, 0.3) is 9.05 Å². The fraction of sp³-hybridized carbons (Fsp3) is 0. The van der Waals surface area contributed by atoms with Gasteiger partial charge in [0.05, 0.1) is 4.90 Å². The molecule has 0 saturated heterocycles. The molecule has 5 heteroatoms. The lowest BCUT2D eigenvalue weighted by Gasteiger charge is -2.03. The summed E-state index contributed by atoms with van der Waals surface area (Å²) in [7, 11) is 7.30. The molecule has 2 aromatic rings. The molecule has 2 rings (SSSR count). The van der Waals surface area contributed by atoms with Crippen LogP contribution in [0.25, 0.3) is 10.8 Å². The first-order chi connectivity index (χ1) is 6.98. The summed E-state index contributed by atoms with van der Waals surface area (Å²) in [6.07, 6.45) is 0. The van der Waals surface area contributed by atoms with E-state index in [2.05, 4.69) is 0 Å². The van der Waals surface area contributed by atoms with Crippen molar-refractivity contribution in [2.45, 2.75) is 4.90 Å². The highest BCUT2D eigenvalue weighted by Crippen LogP contribution is 2.20. The van der Waals surface area contributed by atoms with Crippen molar-refractivity contribution < 1.29 is 8.42 Å². The molecule has 0 aromatic heterocycles. The fourth-order valence-electron chi connectivity index (χ4n) is 1.44. The summed E-state index contributed by atoms with van der Waals surface area (Å²) in [5.41, 5.74) is 0.617. The first-order valence-electron chi connectivity index (χ1n) is 4.21. The minimum atomic E-state index is -3.68. The van der Waals surface area contributed by atoms with Crippen molar-refractivity contribution in [2.75, 3.05) is 0 Å². The van der Waals surface area contributed by atoms with Crippen molar-refractivity contribution >= 4 is 43.8 Å². The largest absolute Gasteiger partial charge is 0.261 e. The maximum Gasteiger partial charge on any atom is 0.261 e. The SMILES string of the molecule is [B]c1cccc2cc(S(=O)(=O)Cl)ccc12. The van der Waals surface area contributed by atoms with Gasteiger partial charge < -0.3 is 0 Å². The van der Waals surface area contributed by atoms with Gasteiger partial charge in [-0.05, 0) is 22.9 Å². The maximum atomic E-state index is 11.1. The van der Waals surface area contributed by atoms with E-state index in [0.717, 1.165) is 10.8 Å². The zero-order valence-electron chi connectivity index (χ0n) is 7.64. The van der Waals surface area contributed by atoms with Crippen molar-refractivity contribution in [3.8, 4) is 0 Å². The number of fused-ring (bicyclic) bond motifs is 1. The molecule has 2 radical (unpaired) electrons. The molecule has 0 fully saturated rings. The molecule has 0 amide bonds. The lowest BCUT2D eigenvalue weighted by molar-refractivity contribution is 0.609. The first kappa shape index (κ1) is 10.5. The van der Waals surface area contributed by atoms with Gasteiger partial charge in [0.1, 0.15) is 7.85 Å². The van der Waals surface area contributed by atoms with Gasteiger partial charge in [-0.15, -0.1) is 0 Å². The average molecular weight is 236 g/mol. The lowest BCUT2D eigenvalue weighted by atomic mass is 9.90. The quantitative estimate of drug-likeness (QED) is 0.556. The molecule has 0 aliphatic carbocycles. The summed E-state index contributed by atoms with van der Waals surface area (Å²) in [5, 5.41) is 1.58. The number of hydrogen-bond donors (Lipinski definition) is 0. The van der Waals surface area contributed by atoms with E-state index in [1.165, 1.54) is 12.1 Å². The molecular formula is C10H6BClO2S. The van der Waals surface area contributed by atoms with Crippen molar-refractivity contribution in [1.82, 2.24) is 0 Å². The van der Waals surface area contributed by atoms with Gasteiger partial charge in [-0.25, -0.2) is 8.42 Å². The van der Waals surface area contributed by atoms with Gasteiger partial charge in [0.2, 0.25) is 0 Å². The number of rotatable bonds is 1. The monoisotopic (exact) mass is 236 g/mol. The summed E-state index contributed by atoms with van der Waals surface area (Å²) >= 11 is 0. The predicted molar refractivity (Wildman–Crippen MR) is 62.4 cm³/mol. The molecule has 0 saturated carbocycles. The van der Waals surface area contributed by atoms with Crippen LogP contribution in [0.15, 0.2) is 41.3 Å². The molecule has 0 bridgehead atoms. The van der Waals surface area contributed by atoms with Crippen LogP contribution in [0.5, 0.6) is 0 Å². The van der Waals surface area contributed by atoms with E-state index in [1.807, 2.05) is 0 Å². The number of halogens is 1. The zero-order valence-corrected chi connectivity index (χ0v) is 9.22. The Hall–Kier alpha value is -0.995. The third kappa shape index (κ3) is 2.01. The Bertz CT molecular complexity index is 622. The van der Waals surface area contributed by atoms with Gasteiger partial charge >= 0.3 is 0 Å². The Morgan fingerprint density at radius 2 is 1.87 bits per heavy atom. The molecule has 0 heterocycles. The Balaban J connectivity index is 2.79. The standard InChI is InChI=1S/C10H6BClO2S/c11-10-3-1-2-7-6-8(15(12,13)14)4-5-9(7)10/h1-6H. The smallest absolute Gasteiger partial charge is 0.207 e. The topological polar surface area (TPSA) is 34.1 Å². The van der Waals surface area contributed by atoms with Crippen molar-refractivity contribution in [1.29, 1.82) is 0 Å². The zero-order chi connectivity index (χ0) is 11.1. The van der Waals surface area contributed by atoms with Crippen molar-refractivity contribution in [3.63, 3.8) is 0 Å². The number of hydrogen-bond acceptors (Lipinski definition) is 2. The van der Waals surface area contributed by atoms with Gasteiger partial charge in [-0.3, -0.25) is 0 Å². The second-order valence-electron chi connectivity index (χ2n) is 3.17. The summed E-state index contributed by atoms with van der Waals surface area (Å²) in [4.78, 5) is 0.0854. The fourth-order valence-corrected chi connectivity index (χ4v) is 2.22. The molecule has 0 atom stereocenters. The van der Waals surface area contributed by atoms with E-state index in [4.69, 9.17) is 18.5 Å². The molecule has 2 nitrogen and oxygen atoms in total. The minimum absolute atomic E-state index is 0.0854. The highest BCUT2D eigenvalue weighted by Gasteiger charge is 2.10. The minimum Gasteiger partial charge on any atom is -0.207 e. The van der Waals surface area contributed by atoms with Crippen LogP contribution in [-0.4, -0.2) is 16.3 Å². The van der Waals surface area contributed by atoms with Crippen molar-refractivity contribution in [3.05, 3.63) is 36.4 Å². The third-order valence-corrected chi connectivity index (χ3v) is 3.52. The van der Waals surface area contributed by atoms with E-state index in [0.29, 0.717) is 5.46 Å². The molecule has 74 valence electrons. The van der Waals surface area contributed by atoms with Crippen molar-refractivity contribution in [2.24, 2.45) is 0 Å². The maximum absolute atomic E-state index is 11.1. The van der Waals surface area contributed by atoms with Crippen LogP contribution in [-0.2, 0) is 9.05 Å². The van der Waals surface area contributed by atoms with Gasteiger partial charge in [0, 0.05) is 10.7 Å². The van der Waals surface area contributed by atoms with E-state index >= 15 is 0 Å². The van der Waals surface area contributed by atoms with Crippen LogP contribution in [0.2, 0.25) is 0 Å². The van der Waals surface area contributed by atoms with Gasteiger partial charge in [-0.1, -0.05) is 29.7 Å². The van der Waals surface area contributed by atoms with E-state index in [1.54, 1.807) is 24.3 Å². The highest BCUT2D eigenvalue weighted by molar-refractivity contribution is 8.13. The molecule has 0 unspecified atom stereocenters. The molecule has 0 aliphatic rings. The van der Waals surface area contributed by atoms with Crippen LogP contribution in [0, 0.1) is 0 Å². The van der Waals surface area contributed by atoms with Crippen LogP contribution < -0.4 is 5.46 Å². The van der Waals surface area contributed by atoms with Gasteiger partial charge in [-0.2, -0.15) is 0 Å². The summed E-state index contributed by atoms with van der Waals surface area (Å²) < 4.78 is 22.2. The molecular weight excluding hydrogens is 230 g/mol. The Labute approximate surface area is 93.7 Å². The van der Waals surface area contributed by atoms with Crippen LogP contribution in [0.4, 0.5) is 0 Å². The lowest BCUT2D eigenvalue weighted by Crippen LogP contribution is -2.03. The molecule has 0 spiro atoms. The molecule has 0 N–H and O–H groups in total. The average Bonchev–Trinajstić information content (AvgIpc) is 2.16. The van der Waals surface area contributed by atoms with Crippen LogP contribution >= 0.6 is 10.7 Å². The third-order valence-electron chi connectivity index (χ3n) is 2.17. The van der Waals surface area contributed by atoms with E-state index in [9.17, 15) is 8.42 Å². The van der Waals surface area contributed by atoms with Crippen LogP contribution in [0.3, 0.4) is 0 Å². The Morgan fingerprint density at radius 3 is 2.53 bits per heavy atom. The molecule has 15 heavy (non-hydrogen) atoms. The van der Waals surface area contributed by atoms with E-state index in [-0.39, 0.29) is 4.90 Å². The second-order valence-corrected chi connectivity index (χ2v) is 5.73. The second kappa shape index (κ2) is 3.54. The molecule has 2 aromatic carbocycles. The summed E-state index contributed by atoms with van der Waals surface area (Å²) in [5.74, 6) is 0. The Kier molecular flexibility index (Phi) is 2.48. The van der Waals surface area contributed by atoms with E-state index < -0.39 is 9.05 Å². The highest BCUT2D eigenvalue weighted by atomic mass is 35.7. The number of benzene rings is 2. The van der Waals surface area contributed by atoms with Gasteiger partial charge in [0.15, 0.2) is 0 Å². The predicted octanol–water partition coefficient (Wildman–Crippen LogP) is 1.56. The first-order valence-corrected chi connectivity index (χ1v) is 6.52. The summed E-state index contributed by atoms with van der Waals surface area (Å²) in [6.45, 7) is 0. The Morgan fingerprint density at radius 1 is 1.13 bits per heavy atom. The normalized spacial score (nSPS) is 11.8. The summed E-state index contributed by atoms with van der Waals surface area (Å²) in [6, 6.07) is 9.92. The van der Waals surface area contributed by atoms with Crippen LogP contribution in [0.1, 0.15) is 0 Å². The molecule has 0 aliphatic heterocycles.